The number of rotatable bonds is 4. The van der Waals surface area contributed by atoms with Gasteiger partial charge in [-0.1, -0.05) is 48.0 Å². The van der Waals surface area contributed by atoms with Gasteiger partial charge >= 0.3 is 5.97 Å². The number of esters is 1. The molecule has 0 bridgehead atoms. The van der Waals surface area contributed by atoms with Crippen LogP contribution in [0.2, 0.25) is 0 Å². The van der Waals surface area contributed by atoms with Crippen molar-refractivity contribution in [1.29, 1.82) is 0 Å². The first-order valence-corrected chi connectivity index (χ1v) is 11.4. The maximum Gasteiger partial charge on any atom is 0.312 e. The standard InChI is InChI=1S/C26H28N2O5/c1-4-32-24(30)22-19-15-33-20-11-10-16(2)12-18(20)23(19)28-21(29)14-27(25(31)26(22,28)3)13-17-8-6-5-7-9-17/h5-12,19,22-23H,4,13-15H2,1-3H3/t19?,22?,23?,26-/m1/s1. The van der Waals surface area contributed by atoms with E-state index in [1.165, 1.54) is 0 Å². The van der Waals surface area contributed by atoms with Crippen molar-refractivity contribution in [3.8, 4) is 5.75 Å². The van der Waals surface area contributed by atoms with E-state index in [0.29, 0.717) is 12.3 Å². The topological polar surface area (TPSA) is 76.2 Å². The summed E-state index contributed by atoms with van der Waals surface area (Å²) >= 11 is 0. The smallest absolute Gasteiger partial charge is 0.312 e. The van der Waals surface area contributed by atoms with Crippen molar-refractivity contribution in [1.82, 2.24) is 9.80 Å². The molecular formula is C26H28N2O5. The summed E-state index contributed by atoms with van der Waals surface area (Å²) in [4.78, 5) is 44.1. The second-order valence-corrected chi connectivity index (χ2v) is 9.25. The van der Waals surface area contributed by atoms with Crippen LogP contribution < -0.4 is 4.74 Å². The van der Waals surface area contributed by atoms with Crippen LogP contribution in [0.25, 0.3) is 0 Å². The van der Waals surface area contributed by atoms with E-state index in [2.05, 4.69) is 0 Å². The van der Waals surface area contributed by atoms with Crippen LogP contribution in [0.3, 0.4) is 0 Å². The van der Waals surface area contributed by atoms with Gasteiger partial charge in [0.2, 0.25) is 11.8 Å². The van der Waals surface area contributed by atoms with Gasteiger partial charge in [-0.2, -0.15) is 0 Å². The average Bonchev–Trinajstić information content (AvgIpc) is 3.08. The van der Waals surface area contributed by atoms with Gasteiger partial charge in [-0.15, -0.1) is 0 Å². The van der Waals surface area contributed by atoms with Crippen LogP contribution in [0.15, 0.2) is 48.5 Å². The lowest BCUT2D eigenvalue weighted by Gasteiger charge is -2.47. The van der Waals surface area contributed by atoms with Crippen LogP contribution in [0.5, 0.6) is 5.75 Å². The number of amides is 2. The lowest BCUT2D eigenvalue weighted by atomic mass is 9.77. The van der Waals surface area contributed by atoms with Gasteiger partial charge in [-0.25, -0.2) is 0 Å². The summed E-state index contributed by atoms with van der Waals surface area (Å²) in [6, 6.07) is 15.0. The zero-order chi connectivity index (χ0) is 23.3. The largest absolute Gasteiger partial charge is 0.493 e. The highest BCUT2D eigenvalue weighted by atomic mass is 16.5. The number of fused-ring (bicyclic) bond motifs is 5. The number of hydrogen-bond donors (Lipinski definition) is 0. The molecule has 3 aliphatic rings. The van der Waals surface area contributed by atoms with Crippen LogP contribution in [0.1, 0.15) is 36.6 Å². The van der Waals surface area contributed by atoms with Gasteiger partial charge in [0.15, 0.2) is 0 Å². The molecule has 3 heterocycles. The van der Waals surface area contributed by atoms with E-state index in [-0.39, 0.29) is 37.5 Å². The Hall–Kier alpha value is -3.35. The van der Waals surface area contributed by atoms with Crippen LogP contribution in [0, 0.1) is 18.8 Å². The van der Waals surface area contributed by atoms with Crippen molar-refractivity contribution < 1.29 is 23.9 Å². The van der Waals surface area contributed by atoms with E-state index in [4.69, 9.17) is 9.47 Å². The number of aryl methyl sites for hydroxylation is 1. The molecule has 0 aliphatic carbocycles. The fraction of sp³-hybridized carbons (Fsp3) is 0.423. The maximum absolute atomic E-state index is 14.0. The molecule has 3 aliphatic heterocycles. The third-order valence-electron chi connectivity index (χ3n) is 7.20. The van der Waals surface area contributed by atoms with E-state index in [1.54, 1.807) is 23.6 Å². The first-order valence-electron chi connectivity index (χ1n) is 11.4. The minimum absolute atomic E-state index is 0.0237. The lowest BCUT2D eigenvalue weighted by Crippen LogP contribution is -2.67. The third-order valence-corrected chi connectivity index (χ3v) is 7.20. The third kappa shape index (κ3) is 3.21. The molecule has 4 atom stereocenters. The summed E-state index contributed by atoms with van der Waals surface area (Å²) in [7, 11) is 0. The highest BCUT2D eigenvalue weighted by Gasteiger charge is 2.69. The minimum Gasteiger partial charge on any atom is -0.493 e. The Morgan fingerprint density at radius 2 is 1.94 bits per heavy atom. The summed E-state index contributed by atoms with van der Waals surface area (Å²) < 4.78 is 11.5. The molecule has 33 heavy (non-hydrogen) atoms. The van der Waals surface area contributed by atoms with Gasteiger partial charge < -0.3 is 19.3 Å². The van der Waals surface area contributed by atoms with Crippen LogP contribution >= 0.6 is 0 Å². The number of hydrogen-bond acceptors (Lipinski definition) is 5. The van der Waals surface area contributed by atoms with Gasteiger partial charge in [0, 0.05) is 18.0 Å². The fourth-order valence-corrected chi connectivity index (χ4v) is 5.85. The van der Waals surface area contributed by atoms with Gasteiger partial charge in [0.1, 0.15) is 17.8 Å². The Bertz CT molecular complexity index is 1120. The van der Waals surface area contributed by atoms with Gasteiger partial charge in [-0.05, 0) is 32.4 Å². The molecule has 2 amide bonds. The van der Waals surface area contributed by atoms with Crippen LogP contribution in [0.4, 0.5) is 0 Å². The van der Waals surface area contributed by atoms with Crippen LogP contribution in [-0.2, 0) is 25.7 Å². The molecule has 3 unspecified atom stereocenters. The lowest BCUT2D eigenvalue weighted by molar-refractivity contribution is -0.170. The normalized spacial score (nSPS) is 28.0. The molecule has 2 saturated heterocycles. The Kier molecular flexibility index (Phi) is 5.15. The van der Waals surface area contributed by atoms with Gasteiger partial charge in [-0.3, -0.25) is 14.4 Å². The molecule has 2 aromatic carbocycles. The zero-order valence-electron chi connectivity index (χ0n) is 19.1. The highest BCUT2D eigenvalue weighted by molar-refractivity contribution is 6.02. The predicted octanol–water partition coefficient (Wildman–Crippen LogP) is 2.87. The molecule has 5 rings (SSSR count). The summed E-state index contributed by atoms with van der Waals surface area (Å²) in [6.07, 6.45) is 0. The zero-order valence-corrected chi connectivity index (χ0v) is 19.1. The number of carbonyl (C=O) groups excluding carboxylic acids is 3. The molecule has 0 radical (unpaired) electrons. The Balaban J connectivity index is 1.61. The average molecular weight is 449 g/mol. The van der Waals surface area contributed by atoms with E-state index in [9.17, 15) is 14.4 Å². The highest BCUT2D eigenvalue weighted by Crippen LogP contribution is 2.56. The monoisotopic (exact) mass is 448 g/mol. The van der Waals surface area contributed by atoms with E-state index < -0.39 is 23.5 Å². The van der Waals surface area contributed by atoms with Crippen molar-refractivity contribution in [2.75, 3.05) is 19.8 Å². The number of nitrogens with zero attached hydrogens (tertiary/aromatic N) is 2. The molecule has 7 heteroatoms. The molecule has 2 aromatic rings. The minimum atomic E-state index is -1.35. The summed E-state index contributed by atoms with van der Waals surface area (Å²) in [5.41, 5.74) is 1.46. The summed E-state index contributed by atoms with van der Waals surface area (Å²) in [6.45, 7) is 6.18. The number of piperazine rings is 1. The molecule has 0 saturated carbocycles. The molecule has 172 valence electrons. The fourth-order valence-electron chi connectivity index (χ4n) is 5.85. The van der Waals surface area contributed by atoms with E-state index in [1.807, 2.05) is 55.5 Å². The molecule has 0 N–H and O–H groups in total. The van der Waals surface area contributed by atoms with E-state index >= 15 is 0 Å². The summed E-state index contributed by atoms with van der Waals surface area (Å²) in [5.74, 6) is -1.34. The number of ether oxygens (including phenoxy) is 2. The Labute approximate surface area is 193 Å². The Morgan fingerprint density at radius 1 is 1.18 bits per heavy atom. The first-order chi connectivity index (χ1) is 15.9. The van der Waals surface area contributed by atoms with Crippen molar-refractivity contribution in [3.63, 3.8) is 0 Å². The van der Waals surface area contributed by atoms with Gasteiger partial charge in [0.25, 0.3) is 0 Å². The molecule has 7 nitrogen and oxygen atoms in total. The Morgan fingerprint density at radius 3 is 2.67 bits per heavy atom. The van der Waals surface area contributed by atoms with Crippen molar-refractivity contribution >= 4 is 17.8 Å². The molecular weight excluding hydrogens is 420 g/mol. The number of carbonyl (C=O) groups is 3. The summed E-state index contributed by atoms with van der Waals surface area (Å²) in [5, 5.41) is 0. The molecule has 2 fully saturated rings. The van der Waals surface area contributed by atoms with Crippen molar-refractivity contribution in [2.24, 2.45) is 11.8 Å². The van der Waals surface area contributed by atoms with E-state index in [0.717, 1.165) is 16.7 Å². The quantitative estimate of drug-likeness (QED) is 0.673. The maximum atomic E-state index is 14.0. The van der Waals surface area contributed by atoms with Crippen molar-refractivity contribution in [3.05, 3.63) is 65.2 Å². The van der Waals surface area contributed by atoms with Crippen molar-refractivity contribution in [2.45, 2.75) is 38.9 Å². The first kappa shape index (κ1) is 21.5. The predicted molar refractivity (Wildman–Crippen MR) is 120 cm³/mol. The van der Waals surface area contributed by atoms with Crippen LogP contribution in [-0.4, -0.2) is 52.9 Å². The van der Waals surface area contributed by atoms with Gasteiger partial charge in [0.05, 0.1) is 25.2 Å². The molecule has 0 aromatic heterocycles. The SMILES string of the molecule is CCOC(=O)C1C2COc3ccc(C)cc3C2N2C(=O)CN(Cc3ccccc3)C(=O)[C@@]12C. The second-order valence-electron chi connectivity index (χ2n) is 9.25. The second kappa shape index (κ2) is 7.90. The number of benzene rings is 2. The molecule has 0 spiro atoms.